The van der Waals surface area contributed by atoms with E-state index in [0.717, 1.165) is 31.2 Å². The van der Waals surface area contributed by atoms with Gasteiger partial charge in [-0.3, -0.25) is 0 Å². The molecule has 21 heavy (non-hydrogen) atoms. The van der Waals surface area contributed by atoms with Crippen LogP contribution in [0.3, 0.4) is 0 Å². The van der Waals surface area contributed by atoms with E-state index in [9.17, 15) is 0 Å². The molecule has 0 aliphatic carbocycles. The summed E-state index contributed by atoms with van der Waals surface area (Å²) in [5.74, 6) is 0.514. The fraction of sp³-hybridized carbons (Fsp3) is 0.444. The summed E-state index contributed by atoms with van der Waals surface area (Å²) in [6.07, 6.45) is 1.07. The normalized spacial score (nSPS) is 12.6. The Kier molecular flexibility index (Phi) is 6.27. The van der Waals surface area contributed by atoms with Gasteiger partial charge < -0.3 is 9.64 Å². The first-order valence-corrected chi connectivity index (χ1v) is 8.45. The third kappa shape index (κ3) is 5.52. The van der Waals surface area contributed by atoms with Crippen LogP contribution >= 0.6 is 11.3 Å². The van der Waals surface area contributed by atoms with Crippen molar-refractivity contribution < 1.29 is 4.74 Å². The number of nitrogens with zero attached hydrogens (tertiary/aromatic N) is 1. The van der Waals surface area contributed by atoms with Gasteiger partial charge >= 0.3 is 0 Å². The Morgan fingerprint density at radius 1 is 1.24 bits per heavy atom. The smallest absolute Gasteiger partial charge is 0.173 e. The molecule has 0 bridgehead atoms. The van der Waals surface area contributed by atoms with Crippen LogP contribution in [0.4, 0.5) is 0 Å². The Morgan fingerprint density at radius 3 is 2.62 bits per heavy atom. The highest BCUT2D eigenvalue weighted by molar-refractivity contribution is 7.12. The Hall–Kier alpha value is -1.32. The minimum atomic E-state index is 0.514. The number of aryl methyl sites for hydroxylation is 1. The SMILES string of the molecule is CCN(C)CC(COc1cc(C)cs1)Cc1ccccc1. The van der Waals surface area contributed by atoms with E-state index in [4.69, 9.17) is 4.74 Å². The van der Waals surface area contributed by atoms with Crippen LogP contribution in [-0.4, -0.2) is 31.6 Å². The standard InChI is InChI=1S/C18H25NOS/c1-4-19(3)12-17(11-16-8-6-5-7-9-16)13-20-18-10-15(2)14-21-18/h5-10,14,17H,4,11-13H2,1-3H3. The Balaban J connectivity index is 1.94. The summed E-state index contributed by atoms with van der Waals surface area (Å²) in [5.41, 5.74) is 2.67. The number of hydrogen-bond acceptors (Lipinski definition) is 3. The van der Waals surface area contributed by atoms with Gasteiger partial charge in [-0.1, -0.05) is 37.3 Å². The van der Waals surface area contributed by atoms with Gasteiger partial charge in [0, 0.05) is 12.5 Å². The summed E-state index contributed by atoms with van der Waals surface area (Å²) in [6.45, 7) is 7.22. The van der Waals surface area contributed by atoms with Crippen molar-refractivity contribution in [1.29, 1.82) is 0 Å². The largest absolute Gasteiger partial charge is 0.484 e. The van der Waals surface area contributed by atoms with Crippen LogP contribution in [0.25, 0.3) is 0 Å². The molecule has 0 radical (unpaired) electrons. The summed E-state index contributed by atoms with van der Waals surface area (Å²) < 4.78 is 6.00. The Labute approximate surface area is 132 Å². The Bertz CT molecular complexity index is 523. The van der Waals surface area contributed by atoms with E-state index in [2.05, 4.69) is 67.6 Å². The highest BCUT2D eigenvalue weighted by Gasteiger charge is 2.13. The molecule has 1 heterocycles. The zero-order chi connectivity index (χ0) is 15.1. The van der Waals surface area contributed by atoms with E-state index >= 15 is 0 Å². The molecule has 1 aromatic carbocycles. The van der Waals surface area contributed by atoms with Crippen molar-refractivity contribution in [3.05, 3.63) is 52.9 Å². The first-order chi connectivity index (χ1) is 10.2. The molecule has 0 aliphatic heterocycles. The monoisotopic (exact) mass is 303 g/mol. The zero-order valence-corrected chi connectivity index (χ0v) is 14.0. The molecule has 0 aliphatic rings. The quantitative estimate of drug-likeness (QED) is 0.723. The third-order valence-electron chi connectivity index (χ3n) is 3.64. The summed E-state index contributed by atoms with van der Waals surface area (Å²) >= 11 is 1.69. The van der Waals surface area contributed by atoms with Crippen LogP contribution in [0.1, 0.15) is 18.1 Å². The van der Waals surface area contributed by atoms with Crippen LogP contribution in [0.15, 0.2) is 41.8 Å². The van der Waals surface area contributed by atoms with Crippen LogP contribution in [0.5, 0.6) is 5.06 Å². The molecule has 2 aromatic rings. The lowest BCUT2D eigenvalue weighted by Gasteiger charge is -2.23. The Morgan fingerprint density at radius 2 is 2.00 bits per heavy atom. The van der Waals surface area contributed by atoms with E-state index in [0.29, 0.717) is 5.92 Å². The summed E-state index contributed by atoms with van der Waals surface area (Å²) in [7, 11) is 2.17. The second-order valence-electron chi connectivity index (χ2n) is 5.66. The molecule has 114 valence electrons. The van der Waals surface area contributed by atoms with Crippen molar-refractivity contribution in [2.24, 2.45) is 5.92 Å². The van der Waals surface area contributed by atoms with Crippen molar-refractivity contribution in [3.63, 3.8) is 0 Å². The van der Waals surface area contributed by atoms with E-state index in [1.807, 2.05) is 0 Å². The van der Waals surface area contributed by atoms with Crippen LogP contribution in [0.2, 0.25) is 0 Å². The molecule has 0 amide bonds. The van der Waals surface area contributed by atoms with E-state index < -0.39 is 0 Å². The van der Waals surface area contributed by atoms with Crippen LogP contribution in [-0.2, 0) is 6.42 Å². The second kappa shape index (κ2) is 8.20. The number of benzene rings is 1. The van der Waals surface area contributed by atoms with Gasteiger partial charge in [-0.2, -0.15) is 0 Å². The van der Waals surface area contributed by atoms with Gasteiger partial charge in [-0.15, -0.1) is 11.3 Å². The van der Waals surface area contributed by atoms with Gasteiger partial charge in [0.1, 0.15) is 0 Å². The van der Waals surface area contributed by atoms with Gasteiger partial charge in [0.15, 0.2) is 5.06 Å². The van der Waals surface area contributed by atoms with E-state index in [-0.39, 0.29) is 0 Å². The molecule has 0 saturated carbocycles. The highest BCUT2D eigenvalue weighted by atomic mass is 32.1. The van der Waals surface area contributed by atoms with Crippen molar-refractivity contribution in [3.8, 4) is 5.06 Å². The lowest BCUT2D eigenvalue weighted by Crippen LogP contribution is -2.30. The number of ether oxygens (including phenoxy) is 1. The van der Waals surface area contributed by atoms with Crippen molar-refractivity contribution in [2.75, 3.05) is 26.7 Å². The maximum atomic E-state index is 6.00. The third-order valence-corrected chi connectivity index (χ3v) is 4.60. The maximum Gasteiger partial charge on any atom is 0.173 e. The fourth-order valence-corrected chi connectivity index (χ4v) is 3.13. The summed E-state index contributed by atoms with van der Waals surface area (Å²) in [5, 5.41) is 3.17. The predicted octanol–water partition coefficient (Wildman–Crippen LogP) is 4.25. The van der Waals surface area contributed by atoms with Crippen molar-refractivity contribution in [2.45, 2.75) is 20.3 Å². The van der Waals surface area contributed by atoms with Gasteiger partial charge in [-0.25, -0.2) is 0 Å². The molecule has 2 rings (SSSR count). The molecule has 0 spiro atoms. The van der Waals surface area contributed by atoms with Gasteiger partial charge in [0.2, 0.25) is 0 Å². The minimum absolute atomic E-state index is 0.514. The summed E-state index contributed by atoms with van der Waals surface area (Å²) in [6, 6.07) is 12.8. The zero-order valence-electron chi connectivity index (χ0n) is 13.2. The molecule has 1 unspecified atom stereocenters. The molecular weight excluding hydrogens is 278 g/mol. The average Bonchev–Trinajstić information content (AvgIpc) is 2.91. The van der Waals surface area contributed by atoms with Crippen molar-refractivity contribution >= 4 is 11.3 Å². The maximum absolute atomic E-state index is 6.00. The van der Waals surface area contributed by atoms with Crippen LogP contribution < -0.4 is 4.74 Å². The molecule has 1 aromatic heterocycles. The van der Waals surface area contributed by atoms with E-state index in [1.54, 1.807) is 11.3 Å². The van der Waals surface area contributed by atoms with Gasteiger partial charge in [0.25, 0.3) is 0 Å². The lowest BCUT2D eigenvalue weighted by atomic mass is 9.99. The predicted molar refractivity (Wildman–Crippen MR) is 91.4 cm³/mol. The second-order valence-corrected chi connectivity index (χ2v) is 6.54. The number of thiophene rings is 1. The first kappa shape index (κ1) is 16.1. The topological polar surface area (TPSA) is 12.5 Å². The van der Waals surface area contributed by atoms with Gasteiger partial charge in [0.05, 0.1) is 6.61 Å². The number of hydrogen-bond donors (Lipinski definition) is 0. The number of rotatable bonds is 8. The highest BCUT2D eigenvalue weighted by Crippen LogP contribution is 2.23. The lowest BCUT2D eigenvalue weighted by molar-refractivity contribution is 0.201. The fourth-order valence-electron chi connectivity index (χ4n) is 2.37. The molecule has 0 N–H and O–H groups in total. The summed E-state index contributed by atoms with van der Waals surface area (Å²) in [4.78, 5) is 2.36. The molecule has 0 fully saturated rings. The molecular formula is C18H25NOS. The molecule has 0 saturated heterocycles. The first-order valence-electron chi connectivity index (χ1n) is 7.57. The minimum Gasteiger partial charge on any atom is -0.484 e. The van der Waals surface area contributed by atoms with Crippen molar-refractivity contribution in [1.82, 2.24) is 4.90 Å². The molecule has 1 atom stereocenters. The molecule has 2 nitrogen and oxygen atoms in total. The molecule has 3 heteroatoms. The van der Waals surface area contributed by atoms with E-state index in [1.165, 1.54) is 11.1 Å². The van der Waals surface area contributed by atoms with Gasteiger partial charge in [-0.05, 0) is 49.5 Å². The van der Waals surface area contributed by atoms with Crippen LogP contribution in [0, 0.1) is 12.8 Å². The average molecular weight is 303 g/mol.